The zero-order valence-electron chi connectivity index (χ0n) is 19.7. The van der Waals surface area contributed by atoms with Crippen LogP contribution in [0.5, 0.6) is 0 Å². The number of hydrogen-bond acceptors (Lipinski definition) is 6. The molecule has 0 fully saturated rings. The summed E-state index contributed by atoms with van der Waals surface area (Å²) in [6, 6.07) is 30.7. The number of benzene rings is 4. The van der Waals surface area contributed by atoms with Gasteiger partial charge in [-0.2, -0.15) is 0 Å². The highest BCUT2D eigenvalue weighted by Crippen LogP contribution is 2.38. The van der Waals surface area contributed by atoms with Crippen LogP contribution in [-0.2, 0) is 19.6 Å². The molecule has 1 aliphatic heterocycles. The minimum atomic E-state index is -3.79. The van der Waals surface area contributed by atoms with Crippen LogP contribution in [0.1, 0.15) is 0 Å². The van der Waals surface area contributed by atoms with Crippen LogP contribution in [0.25, 0.3) is 0 Å². The molecule has 0 saturated carbocycles. The average Bonchev–Trinajstić information content (AvgIpc) is 3.14. The Labute approximate surface area is 232 Å². The van der Waals surface area contributed by atoms with Crippen molar-refractivity contribution in [3.05, 3.63) is 124 Å². The van der Waals surface area contributed by atoms with Crippen LogP contribution in [0.4, 0.5) is 17.1 Å². The van der Waals surface area contributed by atoms with Crippen LogP contribution in [-0.4, -0.2) is 20.2 Å². The highest BCUT2D eigenvalue weighted by molar-refractivity contribution is 9.10. The van der Waals surface area contributed by atoms with Crippen molar-refractivity contribution < 1.29 is 18.0 Å². The van der Waals surface area contributed by atoms with Crippen LogP contribution in [0.15, 0.2) is 134 Å². The molecule has 7 nitrogen and oxygen atoms in total. The van der Waals surface area contributed by atoms with Crippen LogP contribution in [0.3, 0.4) is 0 Å². The number of para-hydroxylation sites is 1. The molecule has 0 spiro atoms. The van der Waals surface area contributed by atoms with Crippen molar-refractivity contribution in [3.8, 4) is 0 Å². The molecule has 0 unspecified atom stereocenters. The number of thioether (sulfide) groups is 1. The van der Waals surface area contributed by atoms with Gasteiger partial charge in [-0.1, -0.05) is 70.2 Å². The van der Waals surface area contributed by atoms with E-state index in [2.05, 4.69) is 26.0 Å². The summed E-state index contributed by atoms with van der Waals surface area (Å²) in [6.45, 7) is 0. The Bertz CT molecular complexity index is 1640. The first-order chi connectivity index (χ1) is 18.3. The molecule has 0 atom stereocenters. The first-order valence-corrected chi connectivity index (χ1v) is 14.5. The molecule has 10 heteroatoms. The predicted octanol–water partition coefficient (Wildman–Crippen LogP) is 6.24. The number of hydrogen-bond donors (Lipinski definition) is 2. The first kappa shape index (κ1) is 25.8. The topological polar surface area (TPSA) is 95.6 Å². The molecule has 0 saturated heterocycles. The smallest absolute Gasteiger partial charge is 0.283 e. The van der Waals surface area contributed by atoms with Gasteiger partial charge < -0.3 is 5.32 Å². The van der Waals surface area contributed by atoms with Crippen molar-refractivity contribution in [1.29, 1.82) is 0 Å². The van der Waals surface area contributed by atoms with Gasteiger partial charge in [0.05, 0.1) is 10.6 Å². The normalized spacial score (nSPS) is 13.7. The molecular weight excluding hydrogens is 586 g/mol. The fourth-order valence-electron chi connectivity index (χ4n) is 3.76. The van der Waals surface area contributed by atoms with Crippen LogP contribution in [0.2, 0.25) is 0 Å². The number of rotatable bonds is 8. The lowest BCUT2D eigenvalue weighted by Crippen LogP contribution is -2.32. The average molecular weight is 607 g/mol. The van der Waals surface area contributed by atoms with Gasteiger partial charge in [0, 0.05) is 20.7 Å². The second-order valence-electron chi connectivity index (χ2n) is 8.17. The Balaban J connectivity index is 1.47. The summed E-state index contributed by atoms with van der Waals surface area (Å²) in [4.78, 5) is 29.1. The number of carbonyl (C=O) groups is 2. The highest BCUT2D eigenvalue weighted by atomic mass is 79.9. The summed E-state index contributed by atoms with van der Waals surface area (Å²) in [6.07, 6.45) is 0. The Morgan fingerprint density at radius 3 is 2.05 bits per heavy atom. The standard InChI is InChI=1S/C28H20BrN3O4S2/c29-19-14-16-20(17-15-19)30-25-26(28(34)32(27(25)33)22-9-3-1-4-10-22)37-23-11-7-8-21(18-23)31-38(35,36)24-12-5-2-6-13-24/h1-18,30-31H. The molecule has 4 aromatic carbocycles. The molecule has 0 aliphatic carbocycles. The summed E-state index contributed by atoms with van der Waals surface area (Å²) in [5.41, 5.74) is 1.57. The van der Waals surface area contributed by atoms with Crippen molar-refractivity contribution in [2.75, 3.05) is 14.9 Å². The lowest BCUT2D eigenvalue weighted by Gasteiger charge is -2.15. The fraction of sp³-hybridized carbons (Fsp3) is 0. The number of halogens is 1. The van der Waals surface area contributed by atoms with Gasteiger partial charge in [-0.3, -0.25) is 14.3 Å². The second kappa shape index (κ2) is 10.9. The molecule has 1 aliphatic rings. The first-order valence-electron chi connectivity index (χ1n) is 11.4. The third kappa shape index (κ3) is 5.52. The number of amides is 2. The van der Waals surface area contributed by atoms with Gasteiger partial charge in [0.2, 0.25) is 0 Å². The molecule has 5 rings (SSSR count). The van der Waals surface area contributed by atoms with Crippen LogP contribution in [0, 0.1) is 0 Å². The van der Waals surface area contributed by atoms with E-state index in [1.54, 1.807) is 84.9 Å². The van der Waals surface area contributed by atoms with E-state index in [1.165, 1.54) is 12.1 Å². The molecule has 38 heavy (non-hydrogen) atoms. The number of imide groups is 1. The highest BCUT2D eigenvalue weighted by Gasteiger charge is 2.40. The van der Waals surface area contributed by atoms with Gasteiger partial charge in [0.1, 0.15) is 10.6 Å². The van der Waals surface area contributed by atoms with E-state index in [0.29, 0.717) is 22.0 Å². The summed E-state index contributed by atoms with van der Waals surface area (Å²) >= 11 is 4.49. The van der Waals surface area contributed by atoms with Crippen molar-refractivity contribution in [2.45, 2.75) is 9.79 Å². The molecule has 2 N–H and O–H groups in total. The largest absolute Gasteiger partial charge is 0.350 e. The summed E-state index contributed by atoms with van der Waals surface area (Å²) in [5.74, 6) is -0.950. The van der Waals surface area contributed by atoms with Crippen molar-refractivity contribution >= 4 is 66.6 Å². The number of nitrogens with zero attached hydrogens (tertiary/aromatic N) is 1. The SMILES string of the molecule is O=C1C(Nc2ccc(Br)cc2)=C(Sc2cccc(NS(=O)(=O)c3ccccc3)c2)C(=O)N1c1ccccc1. The van der Waals surface area contributed by atoms with Crippen molar-refractivity contribution in [2.24, 2.45) is 0 Å². The Morgan fingerprint density at radius 2 is 1.37 bits per heavy atom. The Hall–Kier alpha value is -3.86. The second-order valence-corrected chi connectivity index (χ2v) is 11.8. The third-order valence-electron chi connectivity index (χ3n) is 5.53. The van der Waals surface area contributed by atoms with Crippen molar-refractivity contribution in [1.82, 2.24) is 0 Å². The molecule has 0 radical (unpaired) electrons. The molecule has 4 aromatic rings. The van der Waals surface area contributed by atoms with E-state index in [0.717, 1.165) is 21.1 Å². The Kier molecular flexibility index (Phi) is 7.37. The zero-order valence-corrected chi connectivity index (χ0v) is 22.9. The number of nitrogens with one attached hydrogen (secondary N) is 2. The van der Waals surface area contributed by atoms with E-state index < -0.39 is 21.8 Å². The number of anilines is 3. The maximum absolute atomic E-state index is 13.5. The van der Waals surface area contributed by atoms with E-state index in [4.69, 9.17) is 0 Å². The molecule has 2 amide bonds. The summed E-state index contributed by atoms with van der Waals surface area (Å²) < 4.78 is 29.0. The lowest BCUT2D eigenvalue weighted by atomic mass is 10.3. The molecular formula is C28H20BrN3O4S2. The fourth-order valence-corrected chi connectivity index (χ4v) is 6.08. The summed E-state index contributed by atoms with van der Waals surface area (Å²) in [5, 5.41) is 3.11. The molecule has 1 heterocycles. The number of sulfonamides is 1. The molecule has 0 aromatic heterocycles. The van der Waals surface area contributed by atoms with E-state index >= 15 is 0 Å². The van der Waals surface area contributed by atoms with E-state index in [1.807, 2.05) is 12.1 Å². The maximum atomic E-state index is 13.5. The molecule has 190 valence electrons. The van der Waals surface area contributed by atoms with Crippen molar-refractivity contribution in [3.63, 3.8) is 0 Å². The van der Waals surface area contributed by atoms with Gasteiger partial charge in [-0.25, -0.2) is 13.3 Å². The quantitative estimate of drug-likeness (QED) is 0.231. The predicted molar refractivity (Wildman–Crippen MR) is 153 cm³/mol. The van der Waals surface area contributed by atoms with Gasteiger partial charge in [0.15, 0.2) is 0 Å². The molecule has 0 bridgehead atoms. The third-order valence-corrected chi connectivity index (χ3v) is 8.53. The van der Waals surface area contributed by atoms with Crippen LogP contribution < -0.4 is 14.9 Å². The van der Waals surface area contributed by atoms with Gasteiger partial charge >= 0.3 is 0 Å². The van der Waals surface area contributed by atoms with Crippen LogP contribution >= 0.6 is 27.7 Å². The van der Waals surface area contributed by atoms with Gasteiger partial charge in [-0.05, 0) is 66.7 Å². The summed E-state index contributed by atoms with van der Waals surface area (Å²) in [7, 11) is -3.79. The van der Waals surface area contributed by atoms with Gasteiger partial charge in [-0.15, -0.1) is 0 Å². The minimum Gasteiger partial charge on any atom is -0.350 e. The lowest BCUT2D eigenvalue weighted by molar-refractivity contribution is -0.120. The van der Waals surface area contributed by atoms with Gasteiger partial charge in [0.25, 0.3) is 21.8 Å². The monoisotopic (exact) mass is 605 g/mol. The zero-order chi connectivity index (χ0) is 26.7. The van der Waals surface area contributed by atoms with E-state index in [9.17, 15) is 18.0 Å². The maximum Gasteiger partial charge on any atom is 0.283 e. The Morgan fingerprint density at radius 1 is 0.711 bits per heavy atom. The number of carbonyl (C=O) groups excluding carboxylic acids is 2. The van der Waals surface area contributed by atoms with E-state index in [-0.39, 0.29) is 15.5 Å². The minimum absolute atomic E-state index is 0.136.